The largest absolute Gasteiger partial charge is 0.508 e. The van der Waals surface area contributed by atoms with E-state index >= 15 is 0 Å². The van der Waals surface area contributed by atoms with Crippen LogP contribution in [-0.2, 0) is 64.0 Å². The number of rotatable bonds is 18. The average molecular weight is 1160 g/mol. The van der Waals surface area contributed by atoms with Crippen molar-refractivity contribution in [2.24, 2.45) is 22.9 Å². The van der Waals surface area contributed by atoms with Gasteiger partial charge < -0.3 is 75.1 Å². The third-order valence-corrected chi connectivity index (χ3v) is 16.4. The van der Waals surface area contributed by atoms with E-state index in [1.54, 1.807) is 24.3 Å². The first-order valence-electron chi connectivity index (χ1n) is 25.5. The number of phenolic OH excluding ortho intramolecular Hbond substituents is 2. The second-order valence-corrected chi connectivity index (χ2v) is 22.6. The van der Waals surface area contributed by atoms with Gasteiger partial charge in [-0.25, -0.2) is 0 Å². The van der Waals surface area contributed by atoms with Crippen molar-refractivity contribution in [2.45, 2.75) is 105 Å². The van der Waals surface area contributed by atoms with Gasteiger partial charge in [0.15, 0.2) is 0 Å². The molecule has 26 heteroatoms. The van der Waals surface area contributed by atoms with Crippen LogP contribution in [0.25, 0.3) is 0 Å². The Morgan fingerprint density at radius 2 is 1.30 bits per heavy atom. The van der Waals surface area contributed by atoms with E-state index in [-0.39, 0.29) is 67.2 Å². The van der Waals surface area contributed by atoms with Gasteiger partial charge in [0.2, 0.25) is 53.2 Å². The molecule has 3 aliphatic rings. The molecule has 3 saturated heterocycles. The van der Waals surface area contributed by atoms with Gasteiger partial charge in [-0.05, 0) is 103 Å². The van der Waals surface area contributed by atoms with Crippen molar-refractivity contribution < 1.29 is 58.5 Å². The number of carbonyl (C=O) groups excluding carboxylic acids is 9. The predicted octanol–water partition coefficient (Wildman–Crippen LogP) is -0.672. The molecule has 3 aliphatic heterocycles. The Bertz CT molecular complexity index is 2870. The molecule has 0 saturated carbocycles. The summed E-state index contributed by atoms with van der Waals surface area (Å²) < 4.78 is 0. The Morgan fingerprint density at radius 3 is 1.89 bits per heavy atom. The van der Waals surface area contributed by atoms with Crippen LogP contribution in [-0.4, -0.2) is 152 Å². The first kappa shape index (κ1) is 61.8. The number of fused-ring (bicyclic) bond motifs is 17. The summed E-state index contributed by atoms with van der Waals surface area (Å²) >= 11 is 6.08. The molecule has 9 amide bonds. The molecule has 4 aromatic carbocycles. The van der Waals surface area contributed by atoms with Crippen LogP contribution in [0.5, 0.6) is 11.5 Å². The van der Waals surface area contributed by atoms with Crippen molar-refractivity contribution in [2.75, 3.05) is 25.1 Å². The standard InChI is InChI=1S/C54H66ClN11O12S2/c1-66-42(4-2-3-21-56)50(75)64-44-43(69)26-54(65-51(44)76,53(78)63-38(46(59)71)23-31-9-17-35(67)18-10-31)28-80-79-27-41(62-47(72)37(57)22-29-7-15-34(55)16-8-29)49(74)60-39(24-32-11-19-36(68)20-12-32)48(73)61-40(52(66)77)25-30-5-13-33(14-6-30)45(58)70/h5-20,37-44,67-69H,2-4,21-28,56-57H2,1H3,(H2,58,70)(H2,59,71)(H,60,74)(H,61,73)(H,62,72)(H,63,78)(H,64,75)(H,65,76)/t37-,38?,39-,40+,41+,42-,43+,44-,54?/m0/s1. The number of likely N-dealkylation sites (N-methyl/N-ethyl adjacent to an activating group) is 1. The molecule has 0 aliphatic carbocycles. The van der Waals surface area contributed by atoms with Gasteiger partial charge in [-0.3, -0.25) is 43.2 Å². The summed E-state index contributed by atoms with van der Waals surface area (Å²) in [6.45, 7) is 0.219. The fourth-order valence-corrected chi connectivity index (χ4v) is 11.8. The summed E-state index contributed by atoms with van der Waals surface area (Å²) in [5, 5.41) is 48.3. The summed E-state index contributed by atoms with van der Waals surface area (Å²) in [6.07, 6.45) is -2.21. The van der Waals surface area contributed by atoms with Gasteiger partial charge in [0.1, 0.15) is 53.3 Å². The van der Waals surface area contributed by atoms with Crippen molar-refractivity contribution in [3.8, 4) is 11.5 Å². The van der Waals surface area contributed by atoms with E-state index in [9.17, 15) is 58.5 Å². The summed E-state index contributed by atoms with van der Waals surface area (Å²) in [6, 6.07) is 13.9. The molecule has 3 fully saturated rings. The van der Waals surface area contributed by atoms with Crippen molar-refractivity contribution in [1.29, 1.82) is 0 Å². The topological polar surface area (TPSA) is 394 Å². The van der Waals surface area contributed by atoms with Crippen molar-refractivity contribution in [1.82, 2.24) is 36.8 Å². The number of nitrogens with two attached hydrogens (primary N) is 4. The van der Waals surface area contributed by atoms with Crippen molar-refractivity contribution in [3.63, 3.8) is 0 Å². The molecule has 3 heterocycles. The van der Waals surface area contributed by atoms with Crippen LogP contribution in [0.3, 0.4) is 0 Å². The van der Waals surface area contributed by atoms with E-state index in [0.29, 0.717) is 40.1 Å². The Labute approximate surface area is 474 Å². The highest BCUT2D eigenvalue weighted by Crippen LogP contribution is 2.33. The molecular weight excluding hydrogens is 1090 g/mol. The minimum Gasteiger partial charge on any atom is -0.508 e. The van der Waals surface area contributed by atoms with Crippen LogP contribution < -0.4 is 54.8 Å². The quantitative estimate of drug-likeness (QED) is 0.0334. The number of aromatic hydroxyl groups is 2. The van der Waals surface area contributed by atoms with Gasteiger partial charge >= 0.3 is 0 Å². The Balaban J connectivity index is 1.42. The number of primary amides is 2. The lowest BCUT2D eigenvalue weighted by molar-refractivity contribution is -0.147. The van der Waals surface area contributed by atoms with E-state index in [0.717, 1.165) is 26.5 Å². The number of nitrogens with zero attached hydrogens (tertiary/aromatic N) is 1. The fourth-order valence-electron chi connectivity index (χ4n) is 9.05. The zero-order valence-electron chi connectivity index (χ0n) is 43.6. The maximum absolute atomic E-state index is 15.0. The van der Waals surface area contributed by atoms with Gasteiger partial charge in [0.25, 0.3) is 0 Å². The lowest BCUT2D eigenvalue weighted by Crippen LogP contribution is -2.73. The second-order valence-electron chi connectivity index (χ2n) is 19.7. The predicted molar refractivity (Wildman–Crippen MR) is 300 cm³/mol. The van der Waals surface area contributed by atoms with Crippen LogP contribution >= 0.6 is 33.2 Å². The summed E-state index contributed by atoms with van der Waals surface area (Å²) in [7, 11) is 3.20. The van der Waals surface area contributed by atoms with E-state index in [2.05, 4.69) is 31.9 Å². The molecule has 2 bridgehead atoms. The van der Waals surface area contributed by atoms with Crippen LogP contribution in [0, 0.1) is 0 Å². The normalized spacial score (nSPS) is 23.1. The molecule has 80 heavy (non-hydrogen) atoms. The number of phenols is 2. The third kappa shape index (κ3) is 17.0. The molecule has 428 valence electrons. The Hall–Kier alpha value is -7.42. The second kappa shape index (κ2) is 28.6. The van der Waals surface area contributed by atoms with Crippen LogP contribution in [0.15, 0.2) is 97.1 Å². The number of carbonyl (C=O) groups is 9. The minimum atomic E-state index is -2.04. The number of hydrogen-bond donors (Lipinski definition) is 13. The van der Waals surface area contributed by atoms with E-state index < -0.39 is 114 Å². The van der Waals surface area contributed by atoms with Crippen LogP contribution in [0.1, 0.15) is 58.3 Å². The van der Waals surface area contributed by atoms with E-state index in [1.165, 1.54) is 79.8 Å². The van der Waals surface area contributed by atoms with Gasteiger partial charge in [-0.15, -0.1) is 0 Å². The van der Waals surface area contributed by atoms with Crippen molar-refractivity contribution >= 4 is 86.4 Å². The van der Waals surface area contributed by atoms with Crippen LogP contribution in [0.4, 0.5) is 0 Å². The summed E-state index contributed by atoms with van der Waals surface area (Å²) in [5.41, 5.74) is 23.7. The number of halogens is 1. The molecular formula is C54H66ClN11O12S2. The lowest BCUT2D eigenvalue weighted by atomic mass is 9.84. The number of nitrogens with one attached hydrogen (secondary N) is 6. The molecule has 0 spiro atoms. The highest BCUT2D eigenvalue weighted by molar-refractivity contribution is 8.76. The number of aliphatic hydroxyl groups is 1. The molecule has 23 nitrogen and oxygen atoms in total. The average Bonchev–Trinajstić information content (AvgIpc) is 3.45. The maximum Gasteiger partial charge on any atom is 0.248 e. The number of hydrogen-bond acceptors (Lipinski definition) is 16. The number of piperidine rings is 1. The summed E-state index contributed by atoms with van der Waals surface area (Å²) in [4.78, 5) is 128. The van der Waals surface area contributed by atoms with Crippen LogP contribution in [0.2, 0.25) is 5.02 Å². The van der Waals surface area contributed by atoms with Gasteiger partial charge in [0.05, 0.1) is 12.1 Å². The molecule has 7 rings (SSSR count). The number of aliphatic hydroxyl groups excluding tert-OH is 1. The fraction of sp³-hybridized carbons (Fsp3) is 0.389. The Morgan fingerprint density at radius 1 is 0.738 bits per heavy atom. The molecule has 0 radical (unpaired) electrons. The SMILES string of the molecule is CN1C(=O)[C@@H](Cc2ccc(C(N)=O)cc2)NC(=O)[C@H](Cc2ccc(O)cc2)NC(=O)[C@H](NC(=O)[C@@H](N)Cc2ccc(Cl)cc2)CSSCC2(C(=O)NC(Cc3ccc(O)cc3)C(N)=O)C[C@@H](O)[C@H](NC(=O)[C@@H]1CCCCN)C(=O)N2. The number of unbranched alkanes of at least 4 members (excludes halogenated alkanes) is 1. The molecule has 4 aromatic rings. The van der Waals surface area contributed by atoms with E-state index in [1.807, 2.05) is 0 Å². The zero-order chi connectivity index (χ0) is 58.3. The first-order valence-corrected chi connectivity index (χ1v) is 28.4. The monoisotopic (exact) mass is 1160 g/mol. The smallest absolute Gasteiger partial charge is 0.248 e. The third-order valence-electron chi connectivity index (χ3n) is 13.7. The van der Waals surface area contributed by atoms with Gasteiger partial charge in [-0.1, -0.05) is 81.7 Å². The molecule has 0 aromatic heterocycles. The molecule has 9 atom stereocenters. The first-order chi connectivity index (χ1) is 38.1. The highest BCUT2D eigenvalue weighted by Gasteiger charge is 2.51. The van der Waals surface area contributed by atoms with Gasteiger partial charge in [0, 0.05) is 54.8 Å². The summed E-state index contributed by atoms with van der Waals surface area (Å²) in [5.74, 6) is -8.67. The maximum atomic E-state index is 15.0. The Kier molecular flexibility index (Phi) is 22.1. The zero-order valence-corrected chi connectivity index (χ0v) is 46.0. The number of benzene rings is 4. The minimum absolute atomic E-state index is 0.0184. The lowest BCUT2D eigenvalue weighted by Gasteiger charge is -2.43. The molecule has 2 unspecified atom stereocenters. The highest BCUT2D eigenvalue weighted by atomic mass is 35.5. The van der Waals surface area contributed by atoms with E-state index in [4.69, 9.17) is 34.5 Å². The van der Waals surface area contributed by atoms with Gasteiger partial charge in [-0.2, -0.15) is 0 Å². The number of amides is 9. The van der Waals surface area contributed by atoms with Crippen molar-refractivity contribution in [3.05, 3.63) is 130 Å². The molecule has 17 N–H and O–H groups in total.